The van der Waals surface area contributed by atoms with Gasteiger partial charge in [-0.3, -0.25) is 0 Å². The van der Waals surface area contributed by atoms with Crippen LogP contribution in [0.3, 0.4) is 0 Å². The maximum absolute atomic E-state index is 9.88. The maximum Gasteiger partial charge on any atom is 0.162 e. The van der Waals surface area contributed by atoms with E-state index in [9.17, 15) is 5.11 Å². The third kappa shape index (κ3) is 1.24. The number of aromatic hydroxyl groups is 1. The molecule has 0 heterocycles. The average Bonchev–Trinajstić information content (AvgIpc) is 2.15. The van der Waals surface area contributed by atoms with Crippen molar-refractivity contribution in [2.75, 3.05) is 7.11 Å². The van der Waals surface area contributed by atoms with E-state index >= 15 is 0 Å². The van der Waals surface area contributed by atoms with Crippen molar-refractivity contribution in [1.82, 2.24) is 0 Å². The lowest BCUT2D eigenvalue weighted by atomic mass is 9.72. The molecule has 76 valence electrons. The molecule has 1 aromatic rings. The third-order valence-electron chi connectivity index (χ3n) is 3.00. The monoisotopic (exact) mass is 193 g/mol. The first kappa shape index (κ1) is 9.34. The van der Waals surface area contributed by atoms with Crippen LogP contribution in [0.2, 0.25) is 0 Å². The number of rotatable bonds is 2. The highest BCUT2D eigenvalue weighted by molar-refractivity contribution is 5.49. The second-order valence-electron chi connectivity index (χ2n) is 3.87. The van der Waals surface area contributed by atoms with Crippen LogP contribution in [0.25, 0.3) is 0 Å². The minimum Gasteiger partial charge on any atom is -0.504 e. The number of phenolic OH excluding ortho intramolecular Hbond substituents is 1. The lowest BCUT2D eigenvalue weighted by molar-refractivity contribution is 0.242. The fourth-order valence-electron chi connectivity index (χ4n) is 1.92. The fourth-order valence-corrected chi connectivity index (χ4v) is 1.92. The smallest absolute Gasteiger partial charge is 0.162 e. The van der Waals surface area contributed by atoms with Crippen molar-refractivity contribution in [3.63, 3.8) is 0 Å². The zero-order chi connectivity index (χ0) is 10.2. The molecule has 1 aliphatic rings. The Morgan fingerprint density at radius 3 is 2.64 bits per heavy atom. The number of benzene rings is 1. The van der Waals surface area contributed by atoms with Crippen molar-refractivity contribution >= 4 is 0 Å². The normalized spacial score (nSPS) is 18.7. The van der Waals surface area contributed by atoms with E-state index in [0.29, 0.717) is 5.75 Å². The Balaban J connectivity index is 2.43. The zero-order valence-electron chi connectivity index (χ0n) is 8.29. The summed E-state index contributed by atoms with van der Waals surface area (Å²) in [5.41, 5.74) is 6.61. The third-order valence-corrected chi connectivity index (χ3v) is 3.00. The molecule has 1 aliphatic carbocycles. The summed E-state index contributed by atoms with van der Waals surface area (Å²) < 4.78 is 5.04. The average molecular weight is 193 g/mol. The van der Waals surface area contributed by atoms with E-state index in [0.717, 1.165) is 24.8 Å². The van der Waals surface area contributed by atoms with Crippen LogP contribution in [-0.2, 0) is 5.54 Å². The van der Waals surface area contributed by atoms with Gasteiger partial charge in [0.2, 0.25) is 0 Å². The molecular weight excluding hydrogens is 178 g/mol. The Morgan fingerprint density at radius 1 is 1.43 bits per heavy atom. The van der Waals surface area contributed by atoms with E-state index in [1.165, 1.54) is 0 Å². The van der Waals surface area contributed by atoms with Gasteiger partial charge in [0.15, 0.2) is 11.5 Å². The van der Waals surface area contributed by atoms with Gasteiger partial charge in [-0.05, 0) is 25.3 Å². The summed E-state index contributed by atoms with van der Waals surface area (Å²) in [6, 6.07) is 5.47. The molecule has 0 aromatic heterocycles. The first-order valence-electron chi connectivity index (χ1n) is 4.83. The van der Waals surface area contributed by atoms with Crippen LogP contribution >= 0.6 is 0 Å². The molecule has 0 saturated heterocycles. The van der Waals surface area contributed by atoms with E-state index in [1.807, 2.05) is 12.1 Å². The first-order valence-corrected chi connectivity index (χ1v) is 4.83. The summed E-state index contributed by atoms with van der Waals surface area (Å²) in [6.45, 7) is 0. The molecule has 3 nitrogen and oxygen atoms in total. The Kier molecular flexibility index (Phi) is 2.11. The van der Waals surface area contributed by atoms with Crippen LogP contribution in [0.1, 0.15) is 24.8 Å². The van der Waals surface area contributed by atoms with Crippen LogP contribution < -0.4 is 10.5 Å². The van der Waals surface area contributed by atoms with Crippen LogP contribution in [-0.4, -0.2) is 12.2 Å². The van der Waals surface area contributed by atoms with Crippen molar-refractivity contribution in [3.8, 4) is 11.5 Å². The Bertz CT molecular complexity index is 345. The van der Waals surface area contributed by atoms with Gasteiger partial charge in [0.25, 0.3) is 0 Å². The first-order chi connectivity index (χ1) is 6.67. The Hall–Kier alpha value is -1.22. The summed E-state index contributed by atoms with van der Waals surface area (Å²) >= 11 is 0. The van der Waals surface area contributed by atoms with Gasteiger partial charge in [-0.2, -0.15) is 0 Å². The highest BCUT2D eigenvalue weighted by Crippen LogP contribution is 2.45. The number of methoxy groups -OCH3 is 1. The highest BCUT2D eigenvalue weighted by Gasteiger charge is 2.37. The molecule has 0 aliphatic heterocycles. The quantitative estimate of drug-likeness (QED) is 0.752. The predicted octanol–water partition coefficient (Wildman–Crippen LogP) is 1.74. The van der Waals surface area contributed by atoms with Gasteiger partial charge in [-0.1, -0.05) is 12.1 Å². The summed E-state index contributed by atoms with van der Waals surface area (Å²) in [5.74, 6) is 0.691. The number of nitrogens with two attached hydrogens (primary N) is 1. The molecule has 3 heteroatoms. The summed E-state index contributed by atoms with van der Waals surface area (Å²) in [4.78, 5) is 0. The predicted molar refractivity (Wildman–Crippen MR) is 54.4 cm³/mol. The van der Waals surface area contributed by atoms with Crippen LogP contribution in [0.4, 0.5) is 0 Å². The number of phenols is 1. The SMILES string of the molecule is COc1cccc(C2(N)CCC2)c1O. The van der Waals surface area contributed by atoms with Crippen LogP contribution in [0, 0.1) is 0 Å². The second kappa shape index (κ2) is 3.17. The number of ether oxygens (including phenoxy) is 1. The molecule has 0 bridgehead atoms. The summed E-state index contributed by atoms with van der Waals surface area (Å²) in [6.07, 6.45) is 3.01. The number of hydrogen-bond donors (Lipinski definition) is 2. The molecule has 1 fully saturated rings. The zero-order valence-corrected chi connectivity index (χ0v) is 8.29. The summed E-state index contributed by atoms with van der Waals surface area (Å²) in [5, 5.41) is 9.88. The lowest BCUT2D eigenvalue weighted by Crippen LogP contribution is -2.43. The molecule has 0 radical (unpaired) electrons. The Labute approximate surface area is 83.5 Å². The molecule has 3 N–H and O–H groups in total. The fraction of sp³-hybridized carbons (Fsp3) is 0.455. The standard InChI is InChI=1S/C11H15NO2/c1-14-9-5-2-4-8(10(9)13)11(12)6-3-7-11/h2,4-5,13H,3,6-7,12H2,1H3. The molecule has 1 aromatic carbocycles. The van der Waals surface area contributed by atoms with Crippen molar-refractivity contribution in [1.29, 1.82) is 0 Å². The van der Waals surface area contributed by atoms with Gasteiger partial charge in [0.1, 0.15) is 0 Å². The largest absolute Gasteiger partial charge is 0.504 e. The van der Waals surface area contributed by atoms with Gasteiger partial charge in [0.05, 0.1) is 7.11 Å². The van der Waals surface area contributed by atoms with Gasteiger partial charge in [0, 0.05) is 11.1 Å². The molecule has 0 spiro atoms. The minimum absolute atomic E-state index is 0.192. The van der Waals surface area contributed by atoms with Crippen molar-refractivity contribution < 1.29 is 9.84 Å². The minimum atomic E-state index is -0.335. The van der Waals surface area contributed by atoms with Gasteiger partial charge in [-0.15, -0.1) is 0 Å². The maximum atomic E-state index is 9.88. The molecule has 1 saturated carbocycles. The topological polar surface area (TPSA) is 55.5 Å². The van der Waals surface area contributed by atoms with E-state index in [2.05, 4.69) is 0 Å². The molecule has 0 atom stereocenters. The van der Waals surface area contributed by atoms with Crippen LogP contribution in [0.15, 0.2) is 18.2 Å². The Morgan fingerprint density at radius 2 is 2.14 bits per heavy atom. The highest BCUT2D eigenvalue weighted by atomic mass is 16.5. The molecule has 2 rings (SSSR count). The molecule has 14 heavy (non-hydrogen) atoms. The second-order valence-corrected chi connectivity index (χ2v) is 3.87. The number of para-hydroxylation sites is 1. The van der Waals surface area contributed by atoms with E-state index in [4.69, 9.17) is 10.5 Å². The molecule has 0 amide bonds. The molecule has 0 unspecified atom stereocenters. The van der Waals surface area contributed by atoms with Gasteiger partial charge >= 0.3 is 0 Å². The van der Waals surface area contributed by atoms with Gasteiger partial charge < -0.3 is 15.6 Å². The van der Waals surface area contributed by atoms with Gasteiger partial charge in [-0.25, -0.2) is 0 Å². The van der Waals surface area contributed by atoms with Crippen molar-refractivity contribution in [2.45, 2.75) is 24.8 Å². The van der Waals surface area contributed by atoms with Crippen molar-refractivity contribution in [3.05, 3.63) is 23.8 Å². The van der Waals surface area contributed by atoms with E-state index in [-0.39, 0.29) is 11.3 Å². The van der Waals surface area contributed by atoms with E-state index in [1.54, 1.807) is 13.2 Å². The van der Waals surface area contributed by atoms with Crippen molar-refractivity contribution in [2.24, 2.45) is 5.73 Å². The van der Waals surface area contributed by atoms with Crippen LogP contribution in [0.5, 0.6) is 11.5 Å². The van der Waals surface area contributed by atoms with E-state index < -0.39 is 0 Å². The lowest BCUT2D eigenvalue weighted by Gasteiger charge is -2.39. The number of hydrogen-bond acceptors (Lipinski definition) is 3. The molecular formula is C11H15NO2. The summed E-state index contributed by atoms with van der Waals surface area (Å²) in [7, 11) is 1.54.